The van der Waals surface area contributed by atoms with Gasteiger partial charge in [-0.1, -0.05) is 26.0 Å². The van der Waals surface area contributed by atoms with E-state index < -0.39 is 0 Å². The number of rotatable bonds is 6. The Morgan fingerprint density at radius 1 is 1.32 bits per heavy atom. The molecule has 0 unspecified atom stereocenters. The molecule has 0 heterocycles. The predicted octanol–water partition coefficient (Wildman–Crippen LogP) is 3.08. The number of thioether (sulfide) groups is 1. The van der Waals surface area contributed by atoms with Crippen LogP contribution >= 0.6 is 24.2 Å². The molecule has 19 heavy (non-hydrogen) atoms. The van der Waals surface area contributed by atoms with Crippen molar-refractivity contribution in [3.8, 4) is 0 Å². The molecule has 3 N–H and O–H groups in total. The van der Waals surface area contributed by atoms with Crippen LogP contribution in [0, 0.1) is 0 Å². The number of nitrogens with two attached hydrogens (primary N) is 1. The second-order valence-corrected chi connectivity index (χ2v) is 5.19. The van der Waals surface area contributed by atoms with E-state index in [0.29, 0.717) is 6.54 Å². The van der Waals surface area contributed by atoms with Gasteiger partial charge in [0, 0.05) is 11.4 Å². The van der Waals surface area contributed by atoms with Crippen molar-refractivity contribution in [2.75, 3.05) is 12.8 Å². The molecule has 0 fully saturated rings. The van der Waals surface area contributed by atoms with Gasteiger partial charge in [0.25, 0.3) is 5.91 Å². The number of amides is 1. The van der Waals surface area contributed by atoms with Crippen molar-refractivity contribution in [2.24, 2.45) is 5.73 Å². The summed E-state index contributed by atoms with van der Waals surface area (Å²) in [5.41, 5.74) is 6.24. The minimum atomic E-state index is -0.289. The Labute approximate surface area is 126 Å². The maximum Gasteiger partial charge on any atom is 0.252 e. The number of halogens is 1. The molecule has 1 aromatic rings. The second kappa shape index (κ2) is 8.46. The molecule has 0 spiro atoms. The lowest BCUT2D eigenvalue weighted by atomic mass is 9.92. The third-order valence-electron chi connectivity index (χ3n) is 3.47. The fraction of sp³-hybridized carbons (Fsp3) is 0.500. The van der Waals surface area contributed by atoms with Crippen LogP contribution in [0.2, 0.25) is 0 Å². The maximum atomic E-state index is 12.3. The van der Waals surface area contributed by atoms with Gasteiger partial charge in [0.05, 0.1) is 11.1 Å². The van der Waals surface area contributed by atoms with E-state index in [4.69, 9.17) is 5.73 Å². The minimum Gasteiger partial charge on any atom is -0.345 e. The topological polar surface area (TPSA) is 55.1 Å². The third kappa shape index (κ3) is 4.41. The van der Waals surface area contributed by atoms with Gasteiger partial charge in [0.2, 0.25) is 0 Å². The van der Waals surface area contributed by atoms with Gasteiger partial charge in [0.15, 0.2) is 0 Å². The van der Waals surface area contributed by atoms with Gasteiger partial charge in [-0.05, 0) is 31.2 Å². The van der Waals surface area contributed by atoms with Gasteiger partial charge in [-0.15, -0.1) is 24.2 Å². The van der Waals surface area contributed by atoms with E-state index >= 15 is 0 Å². The monoisotopic (exact) mass is 302 g/mol. The van der Waals surface area contributed by atoms with Gasteiger partial charge >= 0.3 is 0 Å². The van der Waals surface area contributed by atoms with Crippen LogP contribution in [0.5, 0.6) is 0 Å². The van der Waals surface area contributed by atoms with Gasteiger partial charge in [-0.2, -0.15) is 0 Å². The first kappa shape index (κ1) is 18.3. The van der Waals surface area contributed by atoms with E-state index in [1.165, 1.54) is 0 Å². The average Bonchev–Trinajstić information content (AvgIpc) is 2.44. The minimum absolute atomic E-state index is 0. The van der Waals surface area contributed by atoms with Crippen molar-refractivity contribution in [1.29, 1.82) is 0 Å². The second-order valence-electron chi connectivity index (χ2n) is 4.35. The van der Waals surface area contributed by atoms with E-state index in [2.05, 4.69) is 19.2 Å². The number of carbonyl (C=O) groups is 1. The Kier molecular flexibility index (Phi) is 8.14. The van der Waals surface area contributed by atoms with E-state index in [1.807, 2.05) is 30.5 Å². The van der Waals surface area contributed by atoms with Crippen LogP contribution in [-0.2, 0) is 0 Å². The lowest BCUT2D eigenvalue weighted by Gasteiger charge is -2.31. The Hall–Kier alpha value is -0.710. The standard InChI is InChI=1S/C14H22N2OS.ClH/c1-4-14(5-2,10-15)16-13(17)11-8-6-7-9-12(11)18-3;/h6-9H,4-5,10,15H2,1-3H3,(H,16,17);1H. The van der Waals surface area contributed by atoms with Crippen LogP contribution in [0.15, 0.2) is 29.2 Å². The molecule has 0 radical (unpaired) electrons. The Morgan fingerprint density at radius 2 is 1.89 bits per heavy atom. The van der Waals surface area contributed by atoms with Gasteiger partial charge < -0.3 is 11.1 Å². The molecule has 0 saturated carbocycles. The first-order valence-electron chi connectivity index (χ1n) is 6.28. The average molecular weight is 303 g/mol. The van der Waals surface area contributed by atoms with E-state index in [1.54, 1.807) is 11.8 Å². The van der Waals surface area contributed by atoms with Crippen molar-refractivity contribution in [3.63, 3.8) is 0 Å². The van der Waals surface area contributed by atoms with Gasteiger partial charge in [-0.3, -0.25) is 4.79 Å². The Bertz CT molecular complexity index is 400. The summed E-state index contributed by atoms with van der Waals surface area (Å²) in [5, 5.41) is 3.09. The summed E-state index contributed by atoms with van der Waals surface area (Å²) in [5.74, 6) is -0.0332. The Balaban J connectivity index is 0.00000324. The fourth-order valence-electron chi connectivity index (χ4n) is 1.91. The molecule has 108 valence electrons. The summed E-state index contributed by atoms with van der Waals surface area (Å²) in [6.07, 6.45) is 3.66. The highest BCUT2D eigenvalue weighted by atomic mass is 35.5. The molecule has 0 atom stereocenters. The SMILES string of the molecule is CCC(CC)(CN)NC(=O)c1ccccc1SC.Cl. The van der Waals surface area contributed by atoms with Gasteiger partial charge in [-0.25, -0.2) is 0 Å². The van der Waals surface area contributed by atoms with Crippen LogP contribution in [-0.4, -0.2) is 24.2 Å². The van der Waals surface area contributed by atoms with Crippen LogP contribution < -0.4 is 11.1 Å². The summed E-state index contributed by atoms with van der Waals surface area (Å²) < 4.78 is 0. The van der Waals surface area contributed by atoms with Crippen molar-refractivity contribution in [2.45, 2.75) is 37.1 Å². The van der Waals surface area contributed by atoms with Crippen molar-refractivity contribution in [1.82, 2.24) is 5.32 Å². The lowest BCUT2D eigenvalue weighted by Crippen LogP contribution is -2.52. The highest BCUT2D eigenvalue weighted by molar-refractivity contribution is 7.98. The molecule has 0 aliphatic carbocycles. The normalized spacial score (nSPS) is 10.7. The first-order valence-corrected chi connectivity index (χ1v) is 7.50. The first-order chi connectivity index (χ1) is 8.62. The third-order valence-corrected chi connectivity index (χ3v) is 4.27. The van der Waals surface area contributed by atoms with E-state index in [-0.39, 0.29) is 23.9 Å². The molecular weight excluding hydrogens is 280 g/mol. The number of hydrogen-bond acceptors (Lipinski definition) is 3. The molecule has 1 rings (SSSR count). The van der Waals surface area contributed by atoms with Gasteiger partial charge in [0.1, 0.15) is 0 Å². The quantitative estimate of drug-likeness (QED) is 0.794. The maximum absolute atomic E-state index is 12.3. The predicted molar refractivity (Wildman–Crippen MR) is 85.3 cm³/mol. The molecule has 1 amide bonds. The summed E-state index contributed by atoms with van der Waals surface area (Å²) >= 11 is 1.58. The summed E-state index contributed by atoms with van der Waals surface area (Å²) in [7, 11) is 0. The van der Waals surface area contributed by atoms with Crippen LogP contribution in [0.3, 0.4) is 0 Å². The van der Waals surface area contributed by atoms with Crippen molar-refractivity contribution < 1.29 is 4.79 Å². The summed E-state index contributed by atoms with van der Waals surface area (Å²) in [6.45, 7) is 4.57. The molecule has 5 heteroatoms. The van der Waals surface area contributed by atoms with Crippen molar-refractivity contribution in [3.05, 3.63) is 29.8 Å². The molecule has 0 bridgehead atoms. The highest BCUT2D eigenvalue weighted by Gasteiger charge is 2.27. The Morgan fingerprint density at radius 3 is 2.37 bits per heavy atom. The molecule has 3 nitrogen and oxygen atoms in total. The van der Waals surface area contributed by atoms with Crippen LogP contribution in [0.4, 0.5) is 0 Å². The van der Waals surface area contributed by atoms with Crippen LogP contribution in [0.1, 0.15) is 37.0 Å². The number of benzene rings is 1. The number of carbonyl (C=O) groups excluding carboxylic acids is 1. The molecule has 0 aliphatic rings. The number of nitrogens with one attached hydrogen (secondary N) is 1. The van der Waals surface area contributed by atoms with E-state index in [9.17, 15) is 4.79 Å². The molecule has 0 saturated heterocycles. The van der Waals surface area contributed by atoms with Crippen molar-refractivity contribution >= 4 is 30.1 Å². The molecule has 0 aromatic heterocycles. The zero-order chi connectivity index (χ0) is 13.6. The molecule has 0 aliphatic heterocycles. The zero-order valence-electron chi connectivity index (χ0n) is 11.7. The molecule has 1 aromatic carbocycles. The number of hydrogen-bond donors (Lipinski definition) is 2. The fourth-order valence-corrected chi connectivity index (χ4v) is 2.50. The largest absolute Gasteiger partial charge is 0.345 e. The zero-order valence-corrected chi connectivity index (χ0v) is 13.4. The summed E-state index contributed by atoms with van der Waals surface area (Å²) in [6, 6.07) is 7.64. The highest BCUT2D eigenvalue weighted by Crippen LogP contribution is 2.21. The summed E-state index contributed by atoms with van der Waals surface area (Å²) in [4.78, 5) is 13.3. The van der Waals surface area contributed by atoms with E-state index in [0.717, 1.165) is 23.3 Å². The molecular formula is C14H23ClN2OS. The smallest absolute Gasteiger partial charge is 0.252 e. The van der Waals surface area contributed by atoms with Crippen LogP contribution in [0.25, 0.3) is 0 Å². The lowest BCUT2D eigenvalue weighted by molar-refractivity contribution is 0.0892.